The first-order chi connectivity index (χ1) is 17.1. The number of nitrogens with zero attached hydrogens (tertiary/aromatic N) is 2. The van der Waals surface area contributed by atoms with Crippen molar-refractivity contribution in [3.05, 3.63) is 90.0 Å². The number of benzene rings is 3. The number of ether oxygens (including phenoxy) is 1. The molecule has 0 bridgehead atoms. The Morgan fingerprint density at radius 3 is 2.54 bits per heavy atom. The number of nitrogens with one attached hydrogen (secondary N) is 2. The van der Waals surface area contributed by atoms with E-state index in [0.29, 0.717) is 17.9 Å². The van der Waals surface area contributed by atoms with Gasteiger partial charge in [0.05, 0.1) is 18.2 Å². The van der Waals surface area contributed by atoms with Gasteiger partial charge in [0.25, 0.3) is 5.91 Å². The lowest BCUT2D eigenvalue weighted by Gasteiger charge is -2.23. The van der Waals surface area contributed by atoms with Crippen molar-refractivity contribution in [1.82, 2.24) is 10.3 Å². The Kier molecular flexibility index (Phi) is 7.83. The molecule has 0 unspecified atom stereocenters. The van der Waals surface area contributed by atoms with Crippen molar-refractivity contribution in [1.29, 1.82) is 0 Å². The van der Waals surface area contributed by atoms with E-state index >= 15 is 0 Å². The van der Waals surface area contributed by atoms with Gasteiger partial charge in [-0.2, -0.15) is 0 Å². The molecule has 0 aliphatic rings. The summed E-state index contributed by atoms with van der Waals surface area (Å²) < 4.78 is 5.23. The van der Waals surface area contributed by atoms with Gasteiger partial charge in [0.15, 0.2) is 0 Å². The number of fused-ring (bicyclic) bond motifs is 1. The zero-order valence-corrected chi connectivity index (χ0v) is 20.5. The zero-order chi connectivity index (χ0) is 24.6. The Hall–Kier alpha value is -4.06. The van der Waals surface area contributed by atoms with Crippen LogP contribution in [0, 0.1) is 6.92 Å². The number of amides is 1. The Morgan fingerprint density at radius 2 is 1.80 bits per heavy atom. The van der Waals surface area contributed by atoms with Crippen molar-refractivity contribution in [2.45, 2.75) is 20.3 Å². The van der Waals surface area contributed by atoms with Gasteiger partial charge >= 0.3 is 0 Å². The second kappa shape index (κ2) is 11.4. The predicted molar refractivity (Wildman–Crippen MR) is 144 cm³/mol. The number of hydrogen-bond donors (Lipinski definition) is 2. The molecule has 4 rings (SSSR count). The Balaban J connectivity index is 1.44. The summed E-state index contributed by atoms with van der Waals surface area (Å²) in [7, 11) is 1.64. The van der Waals surface area contributed by atoms with Gasteiger partial charge in [-0.3, -0.25) is 4.79 Å². The number of para-hydroxylation sites is 1. The van der Waals surface area contributed by atoms with E-state index in [-0.39, 0.29) is 5.91 Å². The molecule has 0 radical (unpaired) electrons. The molecule has 6 nitrogen and oxygen atoms in total. The molecule has 0 saturated heterocycles. The number of rotatable bonds is 10. The fourth-order valence-corrected chi connectivity index (χ4v) is 4.11. The molecule has 2 N–H and O–H groups in total. The van der Waals surface area contributed by atoms with Crippen molar-refractivity contribution in [2.75, 3.05) is 37.0 Å². The molecule has 1 amide bonds. The standard InChI is InChI=1S/C29H32N4O2/c1-4-33(23-10-7-9-21(2)19-23)18-8-17-30-29(34)26-20-28(32-27-12-6-5-11-25(26)27)31-22-13-15-24(35-3)16-14-22/h5-7,9-16,19-20H,4,8,17-18H2,1-3H3,(H,30,34)(H,31,32). The number of hydrogen-bond acceptors (Lipinski definition) is 5. The van der Waals surface area contributed by atoms with Gasteiger partial charge in [-0.05, 0) is 74.4 Å². The summed E-state index contributed by atoms with van der Waals surface area (Å²) in [5, 5.41) is 7.24. The molecule has 1 heterocycles. The van der Waals surface area contributed by atoms with Crippen LogP contribution in [-0.2, 0) is 0 Å². The average molecular weight is 469 g/mol. The van der Waals surface area contributed by atoms with Crippen molar-refractivity contribution in [2.24, 2.45) is 0 Å². The van der Waals surface area contributed by atoms with Gasteiger partial charge in [-0.1, -0.05) is 30.3 Å². The van der Waals surface area contributed by atoms with E-state index in [2.05, 4.69) is 53.6 Å². The molecule has 0 saturated carbocycles. The summed E-state index contributed by atoms with van der Waals surface area (Å²) in [5.74, 6) is 1.31. The normalized spacial score (nSPS) is 10.7. The number of anilines is 3. The number of pyridine rings is 1. The maximum Gasteiger partial charge on any atom is 0.252 e. The molecule has 4 aromatic rings. The van der Waals surface area contributed by atoms with Crippen LogP contribution < -0.4 is 20.3 Å². The van der Waals surface area contributed by atoms with Crippen molar-refractivity contribution in [3.8, 4) is 5.75 Å². The summed E-state index contributed by atoms with van der Waals surface area (Å²) in [6.45, 7) is 6.66. The van der Waals surface area contributed by atoms with E-state index in [9.17, 15) is 4.79 Å². The molecule has 1 aromatic heterocycles. The van der Waals surface area contributed by atoms with Crippen LogP contribution in [-0.4, -0.2) is 37.6 Å². The number of carbonyl (C=O) groups excluding carboxylic acids is 1. The fraction of sp³-hybridized carbons (Fsp3) is 0.241. The van der Waals surface area contributed by atoms with E-state index in [4.69, 9.17) is 9.72 Å². The minimum atomic E-state index is -0.0972. The van der Waals surface area contributed by atoms with Crippen LogP contribution in [0.3, 0.4) is 0 Å². The first-order valence-electron chi connectivity index (χ1n) is 12.0. The number of aromatic nitrogens is 1. The molecule has 6 heteroatoms. The minimum Gasteiger partial charge on any atom is -0.497 e. The van der Waals surface area contributed by atoms with Crippen LogP contribution in [0.5, 0.6) is 5.75 Å². The van der Waals surface area contributed by atoms with Crippen LogP contribution >= 0.6 is 0 Å². The summed E-state index contributed by atoms with van der Waals surface area (Å²) in [4.78, 5) is 20.2. The van der Waals surface area contributed by atoms with Crippen molar-refractivity contribution < 1.29 is 9.53 Å². The fourth-order valence-electron chi connectivity index (χ4n) is 4.11. The van der Waals surface area contributed by atoms with E-state index in [1.807, 2.05) is 54.6 Å². The highest BCUT2D eigenvalue weighted by atomic mass is 16.5. The largest absolute Gasteiger partial charge is 0.497 e. The summed E-state index contributed by atoms with van der Waals surface area (Å²) in [5.41, 5.74) is 4.72. The Labute approximate surface area is 207 Å². The molecule has 3 aromatic carbocycles. The highest BCUT2D eigenvalue weighted by molar-refractivity contribution is 6.07. The topological polar surface area (TPSA) is 66.5 Å². The van der Waals surface area contributed by atoms with Crippen LogP contribution in [0.4, 0.5) is 17.2 Å². The maximum atomic E-state index is 13.2. The third-order valence-corrected chi connectivity index (χ3v) is 5.96. The lowest BCUT2D eigenvalue weighted by atomic mass is 10.1. The number of carbonyl (C=O) groups is 1. The molecule has 0 atom stereocenters. The minimum absolute atomic E-state index is 0.0972. The molecule has 180 valence electrons. The predicted octanol–water partition coefficient (Wildman–Crippen LogP) is 5.94. The number of aryl methyl sites for hydroxylation is 1. The lowest BCUT2D eigenvalue weighted by Crippen LogP contribution is -2.30. The third-order valence-electron chi connectivity index (χ3n) is 5.96. The first-order valence-corrected chi connectivity index (χ1v) is 12.0. The second-order valence-electron chi connectivity index (χ2n) is 8.45. The molecular formula is C29H32N4O2. The van der Waals surface area contributed by atoms with E-state index in [0.717, 1.165) is 41.9 Å². The van der Waals surface area contributed by atoms with Crippen LogP contribution in [0.25, 0.3) is 10.9 Å². The smallest absolute Gasteiger partial charge is 0.252 e. The van der Waals surface area contributed by atoms with Crippen molar-refractivity contribution >= 4 is 34.0 Å². The zero-order valence-electron chi connectivity index (χ0n) is 20.5. The van der Waals surface area contributed by atoms with Gasteiger partial charge in [0.1, 0.15) is 11.6 Å². The van der Waals surface area contributed by atoms with Crippen LogP contribution in [0.2, 0.25) is 0 Å². The van der Waals surface area contributed by atoms with Gasteiger partial charge in [-0.25, -0.2) is 4.98 Å². The molecule has 0 fully saturated rings. The van der Waals surface area contributed by atoms with E-state index in [1.54, 1.807) is 7.11 Å². The molecule has 0 aliphatic heterocycles. The summed E-state index contributed by atoms with van der Waals surface area (Å²) in [6, 6.07) is 25.7. The van der Waals surface area contributed by atoms with E-state index < -0.39 is 0 Å². The molecule has 35 heavy (non-hydrogen) atoms. The monoisotopic (exact) mass is 468 g/mol. The maximum absolute atomic E-state index is 13.2. The van der Waals surface area contributed by atoms with Crippen molar-refractivity contribution in [3.63, 3.8) is 0 Å². The van der Waals surface area contributed by atoms with E-state index in [1.165, 1.54) is 11.3 Å². The van der Waals surface area contributed by atoms with Crippen LogP contribution in [0.1, 0.15) is 29.3 Å². The molecule has 0 spiro atoms. The Bertz CT molecular complexity index is 1290. The van der Waals surface area contributed by atoms with Gasteiger partial charge in [-0.15, -0.1) is 0 Å². The number of methoxy groups -OCH3 is 1. The Morgan fingerprint density at radius 1 is 1.00 bits per heavy atom. The van der Waals surface area contributed by atoms with Gasteiger partial charge in [0, 0.05) is 36.4 Å². The summed E-state index contributed by atoms with van der Waals surface area (Å²) in [6.07, 6.45) is 0.855. The third kappa shape index (κ3) is 6.09. The quantitative estimate of drug-likeness (QED) is 0.282. The second-order valence-corrected chi connectivity index (χ2v) is 8.45. The van der Waals surface area contributed by atoms with Gasteiger partial charge < -0.3 is 20.3 Å². The SMILES string of the molecule is CCN(CCCNC(=O)c1cc(Nc2ccc(OC)cc2)nc2ccccc12)c1cccc(C)c1. The highest BCUT2D eigenvalue weighted by Crippen LogP contribution is 2.24. The molecular weight excluding hydrogens is 436 g/mol. The molecule has 0 aliphatic carbocycles. The summed E-state index contributed by atoms with van der Waals surface area (Å²) >= 11 is 0. The highest BCUT2D eigenvalue weighted by Gasteiger charge is 2.13. The van der Waals surface area contributed by atoms with Crippen LogP contribution in [0.15, 0.2) is 78.9 Å². The van der Waals surface area contributed by atoms with Gasteiger partial charge in [0.2, 0.25) is 0 Å². The first kappa shape index (κ1) is 24.1. The lowest BCUT2D eigenvalue weighted by molar-refractivity contribution is 0.0955. The average Bonchev–Trinajstić information content (AvgIpc) is 2.88.